The van der Waals surface area contributed by atoms with Crippen LogP contribution in [0, 0.1) is 0 Å². The summed E-state index contributed by atoms with van der Waals surface area (Å²) in [6.45, 7) is 1.78. The maximum Gasteiger partial charge on any atom is 0.270 e. The molecule has 0 N–H and O–H groups in total. The topological polar surface area (TPSA) is 63.2 Å². The summed E-state index contributed by atoms with van der Waals surface area (Å²) in [6.07, 6.45) is 3.38. The van der Waals surface area contributed by atoms with E-state index >= 15 is 0 Å². The third-order valence-electron chi connectivity index (χ3n) is 3.20. The van der Waals surface area contributed by atoms with Gasteiger partial charge in [-0.15, -0.1) is 11.3 Å². The number of anilines is 1. The minimum absolute atomic E-state index is 0.0731. The fourth-order valence-electron chi connectivity index (χ4n) is 2.31. The summed E-state index contributed by atoms with van der Waals surface area (Å²) in [5.74, 6) is 0.705. The molecule has 3 heterocycles. The molecule has 2 aromatic heterocycles. The van der Waals surface area contributed by atoms with Crippen molar-refractivity contribution in [1.82, 2.24) is 9.97 Å². The smallest absolute Gasteiger partial charge is 0.270 e. The van der Waals surface area contributed by atoms with Crippen molar-refractivity contribution in [3.8, 4) is 0 Å². The van der Waals surface area contributed by atoms with Crippen LogP contribution < -0.4 is 4.90 Å². The van der Waals surface area contributed by atoms with Crippen LogP contribution in [0.15, 0.2) is 10.3 Å². The second-order valence-corrected chi connectivity index (χ2v) is 8.76. The molecule has 3 rings (SSSR count). The van der Waals surface area contributed by atoms with E-state index in [-0.39, 0.29) is 9.49 Å². The van der Waals surface area contributed by atoms with E-state index in [1.54, 1.807) is 0 Å². The molecule has 0 aliphatic carbocycles. The molecular weight excluding hydrogens is 341 g/mol. The van der Waals surface area contributed by atoms with E-state index in [0.29, 0.717) is 11.3 Å². The molecule has 0 atom stereocenters. The Morgan fingerprint density at radius 1 is 1.20 bits per heavy atom. The Hall–Kier alpha value is -0.630. The minimum Gasteiger partial charge on any atom is -0.355 e. The number of fused-ring (bicyclic) bond motifs is 1. The Bertz CT molecular complexity index is 754. The van der Waals surface area contributed by atoms with Crippen molar-refractivity contribution >= 4 is 58.7 Å². The van der Waals surface area contributed by atoms with Crippen LogP contribution >= 0.6 is 33.6 Å². The average Bonchev–Trinajstić information content (AvgIpc) is 2.82. The summed E-state index contributed by atoms with van der Waals surface area (Å²) in [5.41, 5.74) is 0.523. The van der Waals surface area contributed by atoms with E-state index in [2.05, 4.69) is 14.9 Å². The first-order valence-corrected chi connectivity index (χ1v) is 9.62. The van der Waals surface area contributed by atoms with Crippen molar-refractivity contribution in [2.24, 2.45) is 0 Å². The number of hydrogen-bond donors (Lipinski definition) is 0. The predicted octanol–water partition coefficient (Wildman–Crippen LogP) is 3.26. The van der Waals surface area contributed by atoms with Crippen molar-refractivity contribution in [2.75, 3.05) is 18.0 Å². The second-order valence-electron chi connectivity index (χ2n) is 4.58. The SMILES string of the molecule is O=S(=O)(Cl)c1cc2nc(Cl)nc(N3CCCCC3)c2s1. The first-order valence-electron chi connectivity index (χ1n) is 6.12. The molecule has 0 bridgehead atoms. The number of piperidine rings is 1. The molecule has 1 saturated heterocycles. The quantitative estimate of drug-likeness (QED) is 0.613. The Labute approximate surface area is 130 Å². The van der Waals surface area contributed by atoms with Crippen molar-refractivity contribution in [3.05, 3.63) is 11.3 Å². The van der Waals surface area contributed by atoms with Crippen molar-refractivity contribution in [1.29, 1.82) is 0 Å². The zero-order valence-electron chi connectivity index (χ0n) is 10.3. The lowest BCUT2D eigenvalue weighted by molar-refractivity contribution is 0.575. The van der Waals surface area contributed by atoms with E-state index in [4.69, 9.17) is 22.3 Å². The maximum absolute atomic E-state index is 11.5. The normalized spacial score (nSPS) is 16.8. The van der Waals surface area contributed by atoms with E-state index in [1.807, 2.05) is 0 Å². The Morgan fingerprint density at radius 2 is 1.90 bits per heavy atom. The number of hydrogen-bond acceptors (Lipinski definition) is 6. The van der Waals surface area contributed by atoms with E-state index in [0.717, 1.165) is 42.0 Å². The fraction of sp³-hybridized carbons (Fsp3) is 0.455. The number of nitrogens with zero attached hydrogens (tertiary/aromatic N) is 3. The Kier molecular flexibility index (Phi) is 3.79. The predicted molar refractivity (Wildman–Crippen MR) is 81.5 cm³/mol. The molecule has 0 saturated carbocycles. The van der Waals surface area contributed by atoms with Gasteiger partial charge in [0.15, 0.2) is 5.82 Å². The van der Waals surface area contributed by atoms with Gasteiger partial charge in [-0.3, -0.25) is 0 Å². The van der Waals surface area contributed by atoms with Crippen molar-refractivity contribution in [3.63, 3.8) is 0 Å². The summed E-state index contributed by atoms with van der Waals surface area (Å²) in [5, 5.41) is 0.120. The lowest BCUT2D eigenvalue weighted by Crippen LogP contribution is -2.30. The monoisotopic (exact) mass is 351 g/mol. The highest BCUT2D eigenvalue weighted by atomic mass is 35.7. The molecule has 0 amide bonds. The summed E-state index contributed by atoms with van der Waals surface area (Å²) >= 11 is 7.03. The Balaban J connectivity index is 2.17. The van der Waals surface area contributed by atoms with Crippen molar-refractivity contribution in [2.45, 2.75) is 23.5 Å². The molecule has 108 valence electrons. The lowest BCUT2D eigenvalue weighted by Gasteiger charge is -2.27. The third kappa shape index (κ3) is 2.72. The number of thiophene rings is 1. The van der Waals surface area contributed by atoms with Crippen LogP contribution in [0.5, 0.6) is 0 Å². The van der Waals surface area contributed by atoms with Crippen LogP contribution in [0.2, 0.25) is 5.28 Å². The van der Waals surface area contributed by atoms with Gasteiger partial charge >= 0.3 is 0 Å². The molecule has 1 aliphatic rings. The van der Waals surface area contributed by atoms with Gasteiger partial charge in [-0.2, -0.15) is 4.98 Å². The van der Waals surface area contributed by atoms with Crippen LogP contribution in [0.1, 0.15) is 19.3 Å². The number of rotatable bonds is 2. The molecule has 2 aromatic rings. The molecule has 0 aromatic carbocycles. The third-order valence-corrected chi connectivity index (χ3v) is 6.56. The van der Waals surface area contributed by atoms with Gasteiger partial charge < -0.3 is 4.90 Å². The summed E-state index contributed by atoms with van der Waals surface area (Å²) in [4.78, 5) is 10.5. The lowest BCUT2D eigenvalue weighted by atomic mass is 10.1. The van der Waals surface area contributed by atoms with Gasteiger partial charge in [0.1, 0.15) is 4.21 Å². The first-order chi connectivity index (χ1) is 9.45. The molecule has 0 spiro atoms. The summed E-state index contributed by atoms with van der Waals surface area (Å²) < 4.78 is 23.7. The van der Waals surface area contributed by atoms with Gasteiger partial charge in [0.25, 0.3) is 9.05 Å². The minimum atomic E-state index is -3.76. The van der Waals surface area contributed by atoms with E-state index in [9.17, 15) is 8.42 Å². The van der Waals surface area contributed by atoms with Crippen LogP contribution in [-0.2, 0) is 9.05 Å². The zero-order valence-corrected chi connectivity index (χ0v) is 13.5. The highest BCUT2D eigenvalue weighted by molar-refractivity contribution is 8.15. The second kappa shape index (κ2) is 5.29. The number of halogens is 2. The molecule has 0 unspecified atom stereocenters. The van der Waals surface area contributed by atoms with Gasteiger partial charge in [0.2, 0.25) is 5.28 Å². The molecule has 1 aliphatic heterocycles. The van der Waals surface area contributed by atoms with Crippen molar-refractivity contribution < 1.29 is 8.42 Å². The maximum atomic E-state index is 11.5. The molecule has 9 heteroatoms. The van der Waals surface area contributed by atoms with Gasteiger partial charge in [0.05, 0.1) is 10.2 Å². The van der Waals surface area contributed by atoms with Crippen LogP contribution in [0.25, 0.3) is 10.2 Å². The molecule has 0 radical (unpaired) electrons. The molecule has 5 nitrogen and oxygen atoms in total. The molecular formula is C11H11Cl2N3O2S2. The standard InChI is InChI=1S/C11H11Cl2N3O2S2/c12-11-14-7-6-8(20(13,17)18)19-9(7)10(15-11)16-4-2-1-3-5-16/h6H,1-5H2. The van der Waals surface area contributed by atoms with E-state index in [1.165, 1.54) is 12.5 Å². The van der Waals surface area contributed by atoms with Crippen LogP contribution in [0.4, 0.5) is 5.82 Å². The fourth-order valence-corrected chi connectivity index (χ4v) is 4.64. The number of aromatic nitrogens is 2. The highest BCUT2D eigenvalue weighted by Gasteiger charge is 2.22. The zero-order chi connectivity index (χ0) is 14.3. The molecule has 20 heavy (non-hydrogen) atoms. The van der Waals surface area contributed by atoms with Crippen LogP contribution in [-0.4, -0.2) is 31.5 Å². The average molecular weight is 352 g/mol. The van der Waals surface area contributed by atoms with Crippen LogP contribution in [0.3, 0.4) is 0 Å². The van der Waals surface area contributed by atoms with Gasteiger partial charge in [-0.25, -0.2) is 13.4 Å². The van der Waals surface area contributed by atoms with Gasteiger partial charge in [-0.05, 0) is 36.9 Å². The Morgan fingerprint density at radius 3 is 2.55 bits per heavy atom. The molecule has 1 fully saturated rings. The first kappa shape index (κ1) is 14.3. The largest absolute Gasteiger partial charge is 0.355 e. The van der Waals surface area contributed by atoms with Gasteiger partial charge in [-0.1, -0.05) is 0 Å². The summed E-state index contributed by atoms with van der Waals surface area (Å²) in [6, 6.07) is 1.45. The summed E-state index contributed by atoms with van der Waals surface area (Å²) in [7, 11) is 1.63. The van der Waals surface area contributed by atoms with E-state index < -0.39 is 9.05 Å². The van der Waals surface area contributed by atoms with Gasteiger partial charge in [0, 0.05) is 23.8 Å². The highest BCUT2D eigenvalue weighted by Crippen LogP contribution is 2.36.